The Morgan fingerprint density at radius 3 is 2.44 bits per heavy atom. The van der Waals surface area contributed by atoms with Gasteiger partial charge in [-0.2, -0.15) is 0 Å². The Hall–Kier alpha value is -3.68. The quantitative estimate of drug-likeness (QED) is 0.386. The minimum Gasteiger partial charge on any atom is -0.452 e. The summed E-state index contributed by atoms with van der Waals surface area (Å²) in [4.78, 5) is 51.7. The van der Waals surface area contributed by atoms with Crippen molar-refractivity contribution in [3.05, 3.63) is 92.5 Å². The van der Waals surface area contributed by atoms with E-state index in [0.29, 0.717) is 5.69 Å². The van der Waals surface area contributed by atoms with Crippen molar-refractivity contribution >= 4 is 58.3 Å². The molecule has 0 fully saturated rings. The fraction of sp³-hybridized carbons (Fsp3) is 0.120. The lowest BCUT2D eigenvalue weighted by Gasteiger charge is -2.17. The van der Waals surface area contributed by atoms with E-state index in [4.69, 9.17) is 27.9 Å². The van der Waals surface area contributed by atoms with Gasteiger partial charge in [0.05, 0.1) is 38.1 Å². The molecule has 0 saturated heterocycles. The van der Waals surface area contributed by atoms with Gasteiger partial charge in [-0.25, -0.2) is 9.69 Å². The van der Waals surface area contributed by atoms with E-state index < -0.39 is 30.3 Å². The molecule has 3 aromatic carbocycles. The van der Waals surface area contributed by atoms with Crippen molar-refractivity contribution in [1.82, 2.24) is 0 Å². The van der Waals surface area contributed by atoms with E-state index in [0.717, 1.165) is 16.0 Å². The number of fused-ring (bicyclic) bond motifs is 1. The number of anilines is 2. The lowest BCUT2D eigenvalue weighted by molar-refractivity contribution is -0.119. The minimum atomic E-state index is -0.819. The topological polar surface area (TPSA) is 92.8 Å². The molecule has 3 aromatic rings. The van der Waals surface area contributed by atoms with Gasteiger partial charge in [0, 0.05) is 0 Å². The number of hydrogen-bond acceptors (Lipinski definition) is 5. The van der Waals surface area contributed by atoms with Crippen LogP contribution in [0, 0.1) is 13.8 Å². The van der Waals surface area contributed by atoms with Gasteiger partial charge < -0.3 is 10.1 Å². The summed E-state index contributed by atoms with van der Waals surface area (Å²) in [6, 6.07) is 14.3. The zero-order chi connectivity index (χ0) is 24.6. The molecule has 0 unspecified atom stereocenters. The van der Waals surface area contributed by atoms with E-state index in [9.17, 15) is 19.2 Å². The molecule has 0 aliphatic carbocycles. The zero-order valence-corrected chi connectivity index (χ0v) is 19.7. The van der Waals surface area contributed by atoms with Crippen LogP contribution < -0.4 is 10.2 Å². The number of ether oxygens (including phenoxy) is 1. The maximum Gasteiger partial charge on any atom is 0.338 e. The van der Waals surface area contributed by atoms with Crippen molar-refractivity contribution in [3.8, 4) is 0 Å². The standard InChI is InChI=1S/C25H18Cl2N2O5/c1-13-6-7-14(2)20(10-13)29-23(31)16-9-8-15(11-17(16)24(29)32)25(33)34-12-21(30)28-19-5-3-4-18(26)22(19)27/h3-11H,12H2,1-2H3,(H,28,30). The lowest BCUT2D eigenvalue weighted by Crippen LogP contribution is -2.30. The van der Waals surface area contributed by atoms with Gasteiger partial charge in [-0.1, -0.05) is 41.4 Å². The summed E-state index contributed by atoms with van der Waals surface area (Å²) in [5, 5.41) is 2.94. The fourth-order valence-corrected chi connectivity index (χ4v) is 3.90. The number of esters is 1. The molecule has 1 aliphatic rings. The van der Waals surface area contributed by atoms with Crippen molar-refractivity contribution in [3.63, 3.8) is 0 Å². The molecule has 0 atom stereocenters. The van der Waals surface area contributed by atoms with Gasteiger partial charge in [0.1, 0.15) is 0 Å². The average Bonchev–Trinajstić information content (AvgIpc) is 3.06. The highest BCUT2D eigenvalue weighted by molar-refractivity contribution is 6.44. The number of rotatable bonds is 5. The molecule has 9 heteroatoms. The SMILES string of the molecule is Cc1ccc(C)c(N2C(=O)c3ccc(C(=O)OCC(=O)Nc4cccc(Cl)c4Cl)cc3C2=O)c1. The highest BCUT2D eigenvalue weighted by Gasteiger charge is 2.38. The Bertz CT molecular complexity index is 1370. The van der Waals surface area contributed by atoms with Crippen LogP contribution >= 0.6 is 23.2 Å². The smallest absolute Gasteiger partial charge is 0.338 e. The number of imide groups is 1. The molecule has 34 heavy (non-hydrogen) atoms. The van der Waals surface area contributed by atoms with E-state index in [-0.39, 0.29) is 32.4 Å². The molecule has 0 radical (unpaired) electrons. The van der Waals surface area contributed by atoms with Crippen LogP contribution in [0.2, 0.25) is 10.0 Å². The number of nitrogens with zero attached hydrogens (tertiary/aromatic N) is 1. The van der Waals surface area contributed by atoms with E-state index in [2.05, 4.69) is 5.32 Å². The third-order valence-electron chi connectivity index (χ3n) is 5.29. The zero-order valence-electron chi connectivity index (χ0n) is 18.1. The first-order valence-corrected chi connectivity index (χ1v) is 10.9. The van der Waals surface area contributed by atoms with Crippen molar-refractivity contribution in [1.29, 1.82) is 0 Å². The number of carbonyl (C=O) groups is 4. The maximum atomic E-state index is 13.0. The van der Waals surface area contributed by atoms with Crippen LogP contribution in [0.15, 0.2) is 54.6 Å². The van der Waals surface area contributed by atoms with Crippen LogP contribution in [0.4, 0.5) is 11.4 Å². The molecule has 0 bridgehead atoms. The molecule has 4 rings (SSSR count). The van der Waals surface area contributed by atoms with Crippen LogP contribution in [0.25, 0.3) is 0 Å². The van der Waals surface area contributed by atoms with Crippen LogP contribution in [0.5, 0.6) is 0 Å². The molecular formula is C25H18Cl2N2O5. The number of amides is 3. The van der Waals surface area contributed by atoms with Crippen LogP contribution in [-0.2, 0) is 9.53 Å². The normalized spacial score (nSPS) is 12.5. The summed E-state index contributed by atoms with van der Waals surface area (Å²) in [5.41, 5.74) is 2.77. The summed E-state index contributed by atoms with van der Waals surface area (Å²) in [6.07, 6.45) is 0. The second-order valence-electron chi connectivity index (χ2n) is 7.72. The molecular weight excluding hydrogens is 479 g/mol. The number of carbonyl (C=O) groups excluding carboxylic acids is 4. The average molecular weight is 497 g/mol. The van der Waals surface area contributed by atoms with Gasteiger partial charge in [0.25, 0.3) is 17.7 Å². The van der Waals surface area contributed by atoms with E-state index in [1.807, 2.05) is 26.0 Å². The van der Waals surface area contributed by atoms with E-state index in [1.54, 1.807) is 24.3 Å². The highest BCUT2D eigenvalue weighted by atomic mass is 35.5. The number of aryl methyl sites for hydroxylation is 2. The fourth-order valence-electron chi connectivity index (χ4n) is 3.55. The van der Waals surface area contributed by atoms with E-state index in [1.165, 1.54) is 18.2 Å². The van der Waals surface area contributed by atoms with Crippen molar-refractivity contribution in [2.45, 2.75) is 13.8 Å². The van der Waals surface area contributed by atoms with Gasteiger partial charge in [-0.05, 0) is 61.4 Å². The number of halogens is 2. The Kier molecular flexibility index (Phi) is 6.41. The Morgan fingerprint density at radius 1 is 0.941 bits per heavy atom. The Labute approximate surface area is 205 Å². The van der Waals surface area contributed by atoms with Gasteiger partial charge in [-0.3, -0.25) is 14.4 Å². The van der Waals surface area contributed by atoms with Gasteiger partial charge in [0.15, 0.2) is 6.61 Å². The Morgan fingerprint density at radius 2 is 1.68 bits per heavy atom. The van der Waals surface area contributed by atoms with Crippen LogP contribution in [-0.4, -0.2) is 30.3 Å². The van der Waals surface area contributed by atoms with E-state index >= 15 is 0 Å². The predicted octanol–water partition coefficient (Wildman–Crippen LogP) is 5.21. The third-order valence-corrected chi connectivity index (χ3v) is 6.11. The number of nitrogens with one attached hydrogen (secondary N) is 1. The molecule has 7 nitrogen and oxygen atoms in total. The van der Waals surface area contributed by atoms with Gasteiger partial charge in [0.2, 0.25) is 0 Å². The minimum absolute atomic E-state index is 0.0382. The molecule has 1 aliphatic heterocycles. The van der Waals surface area contributed by atoms with Crippen molar-refractivity contribution in [2.24, 2.45) is 0 Å². The monoisotopic (exact) mass is 496 g/mol. The summed E-state index contributed by atoms with van der Waals surface area (Å²) in [5.74, 6) is -2.44. The van der Waals surface area contributed by atoms with Crippen LogP contribution in [0.1, 0.15) is 42.2 Å². The van der Waals surface area contributed by atoms with Crippen molar-refractivity contribution < 1.29 is 23.9 Å². The molecule has 3 amide bonds. The summed E-state index contributed by atoms with van der Waals surface area (Å²) in [6.45, 7) is 3.09. The molecule has 0 spiro atoms. The highest BCUT2D eigenvalue weighted by Crippen LogP contribution is 2.32. The number of hydrogen-bond donors (Lipinski definition) is 1. The second kappa shape index (κ2) is 9.29. The van der Waals surface area contributed by atoms with Crippen LogP contribution in [0.3, 0.4) is 0 Å². The van der Waals surface area contributed by atoms with Crippen molar-refractivity contribution in [2.75, 3.05) is 16.8 Å². The largest absolute Gasteiger partial charge is 0.452 e. The maximum absolute atomic E-state index is 13.0. The summed E-state index contributed by atoms with van der Waals surface area (Å²) in [7, 11) is 0. The number of benzene rings is 3. The first kappa shape index (κ1) is 23.5. The first-order valence-electron chi connectivity index (χ1n) is 10.2. The second-order valence-corrected chi connectivity index (χ2v) is 8.51. The summed E-state index contributed by atoms with van der Waals surface area (Å²) < 4.78 is 5.06. The summed E-state index contributed by atoms with van der Waals surface area (Å²) >= 11 is 11.9. The molecule has 172 valence electrons. The lowest BCUT2D eigenvalue weighted by atomic mass is 10.1. The Balaban J connectivity index is 1.48. The molecule has 0 aromatic heterocycles. The molecule has 1 heterocycles. The molecule has 0 saturated carbocycles. The van der Waals surface area contributed by atoms with Gasteiger partial charge >= 0.3 is 5.97 Å². The first-order chi connectivity index (χ1) is 16.2. The predicted molar refractivity (Wildman–Crippen MR) is 129 cm³/mol. The third kappa shape index (κ3) is 4.40. The molecule has 1 N–H and O–H groups in total. The van der Waals surface area contributed by atoms with Gasteiger partial charge in [-0.15, -0.1) is 0 Å².